The molecule has 0 spiro atoms. The Kier molecular flexibility index (Phi) is 3.74. The van der Waals surface area contributed by atoms with E-state index in [1.165, 1.54) is 0 Å². The topological polar surface area (TPSA) is 29.5 Å². The van der Waals surface area contributed by atoms with E-state index in [4.69, 9.17) is 4.43 Å². The SMILES string of the molecule is CC[Si](O)(CC)OC(C)(C)C. The normalized spacial score (nSPS) is 13.6. The molecule has 0 rings (SSSR count). The zero-order valence-electron chi connectivity index (χ0n) is 8.27. The molecule has 0 aromatic rings. The standard InChI is InChI=1S/C8H20O2Si/c1-6-11(9,7-2)10-8(3,4)5/h9H,6-7H2,1-5H3. The Bertz CT molecular complexity index is 114. The van der Waals surface area contributed by atoms with Crippen molar-refractivity contribution in [3.63, 3.8) is 0 Å². The summed E-state index contributed by atoms with van der Waals surface area (Å²) in [7, 11) is -2.33. The highest BCUT2D eigenvalue weighted by atomic mass is 28.4. The van der Waals surface area contributed by atoms with Gasteiger partial charge in [0.2, 0.25) is 0 Å². The third kappa shape index (κ3) is 4.56. The fourth-order valence-corrected chi connectivity index (χ4v) is 2.89. The second kappa shape index (κ2) is 3.69. The molecule has 0 aromatic carbocycles. The Hall–Kier alpha value is 0.137. The molecule has 0 saturated carbocycles. The highest BCUT2D eigenvalue weighted by Gasteiger charge is 2.33. The van der Waals surface area contributed by atoms with Crippen molar-refractivity contribution in [2.45, 2.75) is 52.3 Å². The summed E-state index contributed by atoms with van der Waals surface area (Å²) in [6, 6.07) is 1.56. The third-order valence-corrected chi connectivity index (χ3v) is 4.80. The lowest BCUT2D eigenvalue weighted by molar-refractivity contribution is 0.0842. The minimum absolute atomic E-state index is 0.201. The number of hydrogen-bond acceptors (Lipinski definition) is 2. The first-order valence-corrected chi connectivity index (χ1v) is 6.52. The Morgan fingerprint density at radius 3 is 1.64 bits per heavy atom. The first-order valence-electron chi connectivity index (χ1n) is 4.25. The Morgan fingerprint density at radius 1 is 1.18 bits per heavy atom. The molecule has 3 heteroatoms. The third-order valence-electron chi connectivity index (χ3n) is 1.60. The molecule has 0 heterocycles. The molecular weight excluding hydrogens is 156 g/mol. The van der Waals surface area contributed by atoms with Crippen LogP contribution in [-0.4, -0.2) is 19.0 Å². The Balaban J connectivity index is 4.08. The summed E-state index contributed by atoms with van der Waals surface area (Å²) in [6.45, 7) is 9.92. The lowest BCUT2D eigenvalue weighted by Gasteiger charge is -2.31. The molecule has 0 radical (unpaired) electrons. The van der Waals surface area contributed by atoms with Crippen LogP contribution < -0.4 is 0 Å². The lowest BCUT2D eigenvalue weighted by Crippen LogP contribution is -2.43. The smallest absolute Gasteiger partial charge is 0.335 e. The monoisotopic (exact) mass is 176 g/mol. The molecule has 0 aliphatic heterocycles. The molecule has 0 fully saturated rings. The van der Waals surface area contributed by atoms with Gasteiger partial charge in [0.25, 0.3) is 0 Å². The second-order valence-corrected chi connectivity index (χ2v) is 7.38. The minimum atomic E-state index is -2.33. The molecule has 11 heavy (non-hydrogen) atoms. The highest BCUT2D eigenvalue weighted by Crippen LogP contribution is 2.20. The van der Waals surface area contributed by atoms with Crippen LogP contribution in [0.15, 0.2) is 0 Å². The van der Waals surface area contributed by atoms with Gasteiger partial charge in [-0.25, -0.2) is 0 Å². The van der Waals surface area contributed by atoms with E-state index in [2.05, 4.69) is 0 Å². The van der Waals surface area contributed by atoms with Crippen molar-refractivity contribution in [1.29, 1.82) is 0 Å². The van der Waals surface area contributed by atoms with Crippen molar-refractivity contribution in [2.75, 3.05) is 0 Å². The summed E-state index contributed by atoms with van der Waals surface area (Å²) < 4.78 is 5.62. The van der Waals surface area contributed by atoms with Crippen LogP contribution in [0.5, 0.6) is 0 Å². The number of hydrogen-bond donors (Lipinski definition) is 1. The summed E-state index contributed by atoms with van der Waals surface area (Å²) in [5.41, 5.74) is -0.201. The molecular formula is C8H20O2Si. The van der Waals surface area contributed by atoms with Crippen LogP contribution >= 0.6 is 0 Å². The molecule has 0 unspecified atom stereocenters. The molecule has 0 atom stereocenters. The Labute approximate surface area is 70.8 Å². The van der Waals surface area contributed by atoms with Crippen LogP contribution in [0.2, 0.25) is 12.1 Å². The van der Waals surface area contributed by atoms with Crippen LogP contribution in [0.1, 0.15) is 34.6 Å². The van der Waals surface area contributed by atoms with Crippen LogP contribution in [0.3, 0.4) is 0 Å². The van der Waals surface area contributed by atoms with E-state index in [1.54, 1.807) is 0 Å². The summed E-state index contributed by atoms with van der Waals surface area (Å²) in [4.78, 5) is 9.88. The van der Waals surface area contributed by atoms with E-state index in [1.807, 2.05) is 34.6 Å². The number of rotatable bonds is 3. The molecule has 68 valence electrons. The fourth-order valence-electron chi connectivity index (χ4n) is 0.964. The van der Waals surface area contributed by atoms with E-state index in [0.29, 0.717) is 0 Å². The van der Waals surface area contributed by atoms with E-state index in [9.17, 15) is 4.80 Å². The van der Waals surface area contributed by atoms with E-state index < -0.39 is 8.56 Å². The van der Waals surface area contributed by atoms with Crippen molar-refractivity contribution in [3.05, 3.63) is 0 Å². The van der Waals surface area contributed by atoms with Gasteiger partial charge in [-0.15, -0.1) is 0 Å². The van der Waals surface area contributed by atoms with Gasteiger partial charge in [-0.2, -0.15) is 0 Å². The maximum atomic E-state index is 9.88. The quantitative estimate of drug-likeness (QED) is 0.668. The van der Waals surface area contributed by atoms with Crippen LogP contribution in [0, 0.1) is 0 Å². The summed E-state index contributed by atoms with van der Waals surface area (Å²) in [6.07, 6.45) is 0. The first kappa shape index (κ1) is 11.1. The largest absolute Gasteiger partial charge is 0.411 e. The predicted molar refractivity (Wildman–Crippen MR) is 49.8 cm³/mol. The average Bonchev–Trinajstić information content (AvgIpc) is 1.84. The van der Waals surface area contributed by atoms with Gasteiger partial charge in [-0.3, -0.25) is 0 Å². The fraction of sp³-hybridized carbons (Fsp3) is 1.00. The van der Waals surface area contributed by atoms with Gasteiger partial charge in [0.1, 0.15) is 0 Å². The van der Waals surface area contributed by atoms with Crippen LogP contribution in [-0.2, 0) is 4.43 Å². The summed E-state index contributed by atoms with van der Waals surface area (Å²) in [5, 5.41) is 0. The zero-order chi connectivity index (χ0) is 9.12. The van der Waals surface area contributed by atoms with E-state index in [0.717, 1.165) is 12.1 Å². The molecule has 2 nitrogen and oxygen atoms in total. The Morgan fingerprint density at radius 2 is 1.55 bits per heavy atom. The van der Waals surface area contributed by atoms with Gasteiger partial charge >= 0.3 is 8.56 Å². The van der Waals surface area contributed by atoms with Crippen molar-refractivity contribution < 1.29 is 9.22 Å². The molecule has 0 amide bonds. The summed E-state index contributed by atoms with van der Waals surface area (Å²) >= 11 is 0. The van der Waals surface area contributed by atoms with E-state index in [-0.39, 0.29) is 5.60 Å². The summed E-state index contributed by atoms with van der Waals surface area (Å²) in [5.74, 6) is 0. The molecule has 0 bridgehead atoms. The highest BCUT2D eigenvalue weighted by molar-refractivity contribution is 6.65. The maximum Gasteiger partial charge on any atom is 0.335 e. The minimum Gasteiger partial charge on any atom is -0.411 e. The zero-order valence-corrected chi connectivity index (χ0v) is 9.27. The van der Waals surface area contributed by atoms with Gasteiger partial charge in [-0.1, -0.05) is 13.8 Å². The van der Waals surface area contributed by atoms with E-state index >= 15 is 0 Å². The van der Waals surface area contributed by atoms with Crippen molar-refractivity contribution >= 4 is 8.56 Å². The van der Waals surface area contributed by atoms with Gasteiger partial charge in [-0.05, 0) is 32.9 Å². The van der Waals surface area contributed by atoms with Crippen molar-refractivity contribution in [2.24, 2.45) is 0 Å². The van der Waals surface area contributed by atoms with Gasteiger partial charge < -0.3 is 9.22 Å². The molecule has 0 aliphatic rings. The predicted octanol–water partition coefficient (Wildman–Crippen LogP) is 2.28. The van der Waals surface area contributed by atoms with Crippen molar-refractivity contribution in [1.82, 2.24) is 0 Å². The average molecular weight is 176 g/mol. The van der Waals surface area contributed by atoms with Crippen LogP contribution in [0.4, 0.5) is 0 Å². The molecule has 0 saturated heterocycles. The van der Waals surface area contributed by atoms with Gasteiger partial charge in [0, 0.05) is 0 Å². The van der Waals surface area contributed by atoms with Gasteiger partial charge in [0.15, 0.2) is 0 Å². The first-order chi connectivity index (χ1) is 4.83. The second-order valence-electron chi connectivity index (χ2n) is 3.87. The molecule has 0 aromatic heterocycles. The molecule has 1 N–H and O–H groups in total. The lowest BCUT2D eigenvalue weighted by atomic mass is 10.2. The molecule has 0 aliphatic carbocycles. The van der Waals surface area contributed by atoms with Crippen LogP contribution in [0.25, 0.3) is 0 Å². The van der Waals surface area contributed by atoms with Crippen molar-refractivity contribution in [3.8, 4) is 0 Å². The van der Waals surface area contributed by atoms with Gasteiger partial charge in [0.05, 0.1) is 5.60 Å². The maximum absolute atomic E-state index is 9.88.